The first-order valence-electron chi connectivity index (χ1n) is 24.7. The van der Waals surface area contributed by atoms with E-state index in [0.29, 0.717) is 12.8 Å². The Morgan fingerprint density at radius 2 is 0.983 bits per heavy atom. The van der Waals surface area contributed by atoms with Gasteiger partial charge in [-0.25, -0.2) is 0 Å². The molecule has 1 rings (SSSR count). The molecule has 0 aliphatic carbocycles. The average molecular weight is 840 g/mol. The van der Waals surface area contributed by atoms with Gasteiger partial charge in [-0.15, -0.1) is 0 Å². The number of hydrogen-bond acceptors (Lipinski definition) is 9. The maximum absolute atomic E-state index is 13.0. The zero-order valence-electron chi connectivity index (χ0n) is 37.9. The molecule has 348 valence electrons. The molecule has 0 bridgehead atoms. The fourth-order valence-electron chi connectivity index (χ4n) is 7.80. The highest BCUT2D eigenvalue weighted by molar-refractivity contribution is 5.80. The van der Waals surface area contributed by atoms with Crippen LogP contribution in [0.2, 0.25) is 0 Å². The second-order valence-electron chi connectivity index (χ2n) is 17.4. The van der Waals surface area contributed by atoms with E-state index in [1.54, 1.807) is 6.08 Å². The third-order valence-electron chi connectivity index (χ3n) is 11.9. The van der Waals surface area contributed by atoms with Crippen LogP contribution in [0.5, 0.6) is 0 Å². The summed E-state index contributed by atoms with van der Waals surface area (Å²) < 4.78 is 11.1. The molecule has 0 spiro atoms. The van der Waals surface area contributed by atoms with E-state index in [4.69, 9.17) is 9.47 Å². The van der Waals surface area contributed by atoms with E-state index in [-0.39, 0.29) is 6.61 Å². The van der Waals surface area contributed by atoms with Crippen molar-refractivity contribution in [2.75, 3.05) is 13.2 Å². The minimum absolute atomic E-state index is 0.306. The maximum Gasteiger partial charge on any atom is 0.249 e. The quantitative estimate of drug-likeness (QED) is 0.0234. The third kappa shape index (κ3) is 29.5. The predicted molar refractivity (Wildman–Crippen MR) is 241 cm³/mol. The Bertz CT molecular complexity index is 995. The lowest BCUT2D eigenvalue weighted by Crippen LogP contribution is -2.60. The number of carbonyl (C=O) groups excluding carboxylic acids is 1. The van der Waals surface area contributed by atoms with E-state index in [1.165, 1.54) is 148 Å². The molecule has 8 unspecified atom stereocenters. The van der Waals surface area contributed by atoms with Crippen LogP contribution >= 0.6 is 0 Å². The zero-order chi connectivity index (χ0) is 43.2. The fraction of sp³-hybridized carbons (Fsp3) is 0.898. The summed E-state index contributed by atoms with van der Waals surface area (Å²) >= 11 is 0. The Hall–Kier alpha value is -1.37. The first kappa shape index (κ1) is 55.6. The SMILES string of the molecule is CCCCCCCCCCC/C=C/C(O)C(COC1OC(CO)C(O)C(O)C1O)NC(=O)C(O)CCCCCCCCC/C=C\CCCCCCCCCCCCCC. The molecule has 1 aliphatic rings. The van der Waals surface area contributed by atoms with Crippen LogP contribution in [0.25, 0.3) is 0 Å². The summed E-state index contributed by atoms with van der Waals surface area (Å²) in [7, 11) is 0. The molecule has 0 aromatic heterocycles. The highest BCUT2D eigenvalue weighted by Gasteiger charge is 2.44. The smallest absolute Gasteiger partial charge is 0.249 e. The largest absolute Gasteiger partial charge is 0.394 e. The van der Waals surface area contributed by atoms with Crippen LogP contribution in [0.3, 0.4) is 0 Å². The Morgan fingerprint density at radius 3 is 1.42 bits per heavy atom. The number of aliphatic hydroxyl groups is 6. The van der Waals surface area contributed by atoms with E-state index in [2.05, 4.69) is 31.3 Å². The second-order valence-corrected chi connectivity index (χ2v) is 17.4. The summed E-state index contributed by atoms with van der Waals surface area (Å²) in [5.41, 5.74) is 0. The number of hydrogen-bond donors (Lipinski definition) is 7. The van der Waals surface area contributed by atoms with Crippen LogP contribution in [-0.2, 0) is 14.3 Å². The molecule has 0 radical (unpaired) electrons. The number of amides is 1. The molecule has 1 heterocycles. The Labute approximate surface area is 361 Å². The van der Waals surface area contributed by atoms with Gasteiger partial charge in [-0.2, -0.15) is 0 Å². The molecular weight excluding hydrogens is 747 g/mol. The standard InChI is InChI=1S/C49H93NO9/c1-3-5-7-9-11-13-15-16-17-18-19-20-21-22-23-24-25-26-28-30-32-34-36-38-43(53)48(57)50-41(40-58-49-47(56)46(55)45(54)44(39-51)59-49)42(52)37-35-33-31-29-27-14-12-10-8-6-4-2/h22-23,35,37,41-47,49,51-56H,3-21,24-34,36,38-40H2,1-2H3,(H,50,57)/b23-22-,37-35+. The van der Waals surface area contributed by atoms with Gasteiger partial charge in [0.1, 0.15) is 30.5 Å². The minimum atomic E-state index is -1.61. The average Bonchev–Trinajstić information content (AvgIpc) is 3.23. The minimum Gasteiger partial charge on any atom is -0.394 e. The van der Waals surface area contributed by atoms with Gasteiger partial charge in [-0.1, -0.05) is 199 Å². The molecule has 10 heteroatoms. The molecule has 8 atom stereocenters. The summed E-state index contributed by atoms with van der Waals surface area (Å²) in [5, 5.41) is 64.6. The molecule has 0 saturated carbocycles. The normalized spacial score (nSPS) is 21.4. The monoisotopic (exact) mass is 840 g/mol. The molecule has 0 aromatic carbocycles. The van der Waals surface area contributed by atoms with Gasteiger partial charge in [0.05, 0.1) is 25.4 Å². The number of nitrogens with one attached hydrogen (secondary N) is 1. The van der Waals surface area contributed by atoms with Crippen LogP contribution < -0.4 is 5.32 Å². The van der Waals surface area contributed by atoms with E-state index in [9.17, 15) is 35.4 Å². The van der Waals surface area contributed by atoms with Crippen molar-refractivity contribution < 1.29 is 44.9 Å². The van der Waals surface area contributed by atoms with Gasteiger partial charge in [-0.05, 0) is 44.9 Å². The highest BCUT2D eigenvalue weighted by Crippen LogP contribution is 2.23. The molecule has 1 fully saturated rings. The Morgan fingerprint density at radius 1 is 0.576 bits per heavy atom. The van der Waals surface area contributed by atoms with Crippen LogP contribution in [0.15, 0.2) is 24.3 Å². The molecular formula is C49H93NO9. The lowest BCUT2D eigenvalue weighted by molar-refractivity contribution is -0.302. The van der Waals surface area contributed by atoms with Crippen molar-refractivity contribution in [1.82, 2.24) is 5.32 Å². The van der Waals surface area contributed by atoms with Gasteiger partial charge in [-0.3, -0.25) is 4.79 Å². The Kier molecular flexibility index (Phi) is 37.2. The first-order chi connectivity index (χ1) is 28.8. The van der Waals surface area contributed by atoms with E-state index in [0.717, 1.165) is 44.9 Å². The first-order valence-corrected chi connectivity index (χ1v) is 24.7. The second kappa shape index (κ2) is 39.5. The van der Waals surface area contributed by atoms with Crippen LogP contribution in [-0.4, -0.2) is 98.7 Å². The van der Waals surface area contributed by atoms with Gasteiger partial charge < -0.3 is 45.4 Å². The van der Waals surface area contributed by atoms with Gasteiger partial charge >= 0.3 is 0 Å². The number of ether oxygens (including phenoxy) is 2. The molecule has 10 nitrogen and oxygen atoms in total. The molecule has 1 amide bonds. The topological polar surface area (TPSA) is 169 Å². The van der Waals surface area contributed by atoms with Crippen molar-refractivity contribution in [3.63, 3.8) is 0 Å². The van der Waals surface area contributed by atoms with Crippen LogP contribution in [0, 0.1) is 0 Å². The molecule has 1 saturated heterocycles. The molecule has 0 aromatic rings. The van der Waals surface area contributed by atoms with E-state index < -0.39 is 61.5 Å². The molecule has 1 aliphatic heterocycles. The fourth-order valence-corrected chi connectivity index (χ4v) is 7.80. The Balaban J connectivity index is 2.30. The molecule has 7 N–H and O–H groups in total. The summed E-state index contributed by atoms with van der Waals surface area (Å²) in [6, 6.07) is -0.979. The van der Waals surface area contributed by atoms with E-state index >= 15 is 0 Å². The zero-order valence-corrected chi connectivity index (χ0v) is 37.9. The van der Waals surface area contributed by atoms with Gasteiger partial charge in [0.2, 0.25) is 5.91 Å². The van der Waals surface area contributed by atoms with Crippen molar-refractivity contribution in [2.45, 2.75) is 268 Å². The lowest BCUT2D eigenvalue weighted by Gasteiger charge is -2.40. The summed E-state index contributed by atoms with van der Waals surface area (Å²) in [5.74, 6) is -0.620. The summed E-state index contributed by atoms with van der Waals surface area (Å²) in [6.07, 6.45) is 37.0. The highest BCUT2D eigenvalue weighted by atomic mass is 16.7. The van der Waals surface area contributed by atoms with Crippen molar-refractivity contribution >= 4 is 5.91 Å². The number of rotatable bonds is 41. The lowest BCUT2D eigenvalue weighted by atomic mass is 9.99. The van der Waals surface area contributed by atoms with Crippen molar-refractivity contribution in [1.29, 1.82) is 0 Å². The summed E-state index contributed by atoms with van der Waals surface area (Å²) in [6.45, 7) is 3.60. The van der Waals surface area contributed by atoms with Crippen molar-refractivity contribution in [3.8, 4) is 0 Å². The van der Waals surface area contributed by atoms with Gasteiger partial charge in [0, 0.05) is 0 Å². The van der Waals surface area contributed by atoms with Crippen LogP contribution in [0.4, 0.5) is 0 Å². The number of unbranched alkanes of at least 4 members (excludes halogenated alkanes) is 28. The van der Waals surface area contributed by atoms with Gasteiger partial charge in [0.25, 0.3) is 0 Å². The van der Waals surface area contributed by atoms with Gasteiger partial charge in [0.15, 0.2) is 6.29 Å². The predicted octanol–water partition coefficient (Wildman–Crippen LogP) is 9.64. The summed E-state index contributed by atoms with van der Waals surface area (Å²) in [4.78, 5) is 13.0. The van der Waals surface area contributed by atoms with Crippen molar-refractivity contribution in [3.05, 3.63) is 24.3 Å². The number of aliphatic hydroxyl groups excluding tert-OH is 6. The third-order valence-corrected chi connectivity index (χ3v) is 11.9. The molecule has 59 heavy (non-hydrogen) atoms. The van der Waals surface area contributed by atoms with Crippen molar-refractivity contribution in [2.24, 2.45) is 0 Å². The number of carbonyl (C=O) groups is 1. The van der Waals surface area contributed by atoms with E-state index in [1.807, 2.05) is 6.08 Å². The number of allylic oxidation sites excluding steroid dienone is 3. The maximum atomic E-state index is 13.0. The van der Waals surface area contributed by atoms with Crippen LogP contribution in [0.1, 0.15) is 219 Å².